The molecule has 1 aromatic carbocycles. The lowest BCUT2D eigenvalue weighted by molar-refractivity contribution is 0.578. The first-order valence-electron chi connectivity index (χ1n) is 5.81. The fraction of sp³-hybridized carbons (Fsp3) is 0.250. The second-order valence-electron chi connectivity index (χ2n) is 3.99. The second-order valence-corrected chi connectivity index (χ2v) is 6.67. The Kier molecular flexibility index (Phi) is 4.73. The molecule has 0 amide bonds. The molecular formula is C12H14BrN3O2S. The fourth-order valence-electron chi connectivity index (χ4n) is 1.59. The molecule has 0 saturated heterocycles. The van der Waals surface area contributed by atoms with Crippen LogP contribution in [-0.4, -0.2) is 24.9 Å². The van der Waals surface area contributed by atoms with Crippen LogP contribution in [0.25, 0.3) is 0 Å². The number of rotatable bonds is 6. The fourth-order valence-corrected chi connectivity index (χ4v) is 2.93. The molecule has 1 aromatic heterocycles. The normalized spacial score (nSPS) is 11.6. The van der Waals surface area contributed by atoms with Crippen molar-refractivity contribution in [1.82, 2.24) is 14.7 Å². The Morgan fingerprint density at radius 1 is 1.26 bits per heavy atom. The van der Waals surface area contributed by atoms with Crippen LogP contribution in [0.4, 0.5) is 0 Å². The molecule has 2 N–H and O–H groups in total. The molecule has 0 atom stereocenters. The minimum Gasteiger partial charge on any atom is -0.349 e. The van der Waals surface area contributed by atoms with Gasteiger partial charge >= 0.3 is 0 Å². The summed E-state index contributed by atoms with van der Waals surface area (Å²) < 4.78 is 27.3. The summed E-state index contributed by atoms with van der Waals surface area (Å²) in [6.45, 7) is 0.388. The topological polar surface area (TPSA) is 74.8 Å². The van der Waals surface area contributed by atoms with Gasteiger partial charge in [-0.2, -0.15) is 0 Å². The van der Waals surface area contributed by atoms with E-state index in [1.54, 1.807) is 36.7 Å². The maximum Gasteiger partial charge on any atom is 0.240 e. The number of hydrogen-bond donors (Lipinski definition) is 2. The van der Waals surface area contributed by atoms with Crippen molar-refractivity contribution in [1.29, 1.82) is 0 Å². The zero-order chi connectivity index (χ0) is 13.7. The molecule has 0 radical (unpaired) electrons. The number of aromatic nitrogens is 2. The van der Waals surface area contributed by atoms with E-state index in [9.17, 15) is 8.42 Å². The first-order chi connectivity index (χ1) is 9.08. The van der Waals surface area contributed by atoms with Crippen LogP contribution >= 0.6 is 15.9 Å². The molecule has 2 rings (SSSR count). The molecule has 19 heavy (non-hydrogen) atoms. The number of imidazole rings is 1. The Morgan fingerprint density at radius 3 is 2.63 bits per heavy atom. The lowest BCUT2D eigenvalue weighted by Gasteiger charge is -2.06. The molecule has 0 aliphatic heterocycles. The maximum atomic E-state index is 12.0. The van der Waals surface area contributed by atoms with Crippen LogP contribution < -0.4 is 4.72 Å². The number of nitrogens with one attached hydrogen (secondary N) is 2. The zero-order valence-electron chi connectivity index (χ0n) is 10.1. The molecule has 0 bridgehead atoms. The summed E-state index contributed by atoms with van der Waals surface area (Å²) in [6.07, 6.45) is 4.85. The minimum absolute atomic E-state index is 0.272. The van der Waals surface area contributed by atoms with E-state index in [2.05, 4.69) is 30.6 Å². The van der Waals surface area contributed by atoms with Gasteiger partial charge in [-0.25, -0.2) is 18.1 Å². The highest BCUT2D eigenvalue weighted by atomic mass is 79.9. The lowest BCUT2D eigenvalue weighted by Crippen LogP contribution is -2.25. The molecule has 0 fully saturated rings. The number of H-pyrrole nitrogens is 1. The third-order valence-corrected chi connectivity index (χ3v) is 4.57. The highest BCUT2D eigenvalue weighted by molar-refractivity contribution is 9.10. The van der Waals surface area contributed by atoms with Gasteiger partial charge in [-0.05, 0) is 30.7 Å². The van der Waals surface area contributed by atoms with Gasteiger partial charge in [0.1, 0.15) is 5.82 Å². The summed E-state index contributed by atoms with van der Waals surface area (Å²) in [5.41, 5.74) is 0. The number of aromatic amines is 1. The van der Waals surface area contributed by atoms with Gasteiger partial charge in [-0.15, -0.1) is 0 Å². The Bertz CT molecular complexity index is 609. The Hall–Kier alpha value is -1.18. The molecular weight excluding hydrogens is 330 g/mol. The number of nitrogens with zero attached hydrogens (tertiary/aromatic N) is 1. The number of benzene rings is 1. The highest BCUT2D eigenvalue weighted by Gasteiger charge is 2.12. The molecule has 0 unspecified atom stereocenters. The van der Waals surface area contributed by atoms with Crippen LogP contribution in [0.3, 0.4) is 0 Å². The van der Waals surface area contributed by atoms with Crippen LogP contribution in [0.2, 0.25) is 0 Å². The molecule has 0 aliphatic carbocycles. The van der Waals surface area contributed by atoms with Crippen molar-refractivity contribution in [3.63, 3.8) is 0 Å². The van der Waals surface area contributed by atoms with Crippen molar-refractivity contribution in [2.75, 3.05) is 6.54 Å². The van der Waals surface area contributed by atoms with Crippen molar-refractivity contribution in [2.45, 2.75) is 17.7 Å². The van der Waals surface area contributed by atoms with Crippen molar-refractivity contribution in [3.05, 3.63) is 47.0 Å². The van der Waals surface area contributed by atoms with Crippen molar-refractivity contribution in [2.24, 2.45) is 0 Å². The predicted octanol–water partition coefficient (Wildman–Crippen LogP) is 2.08. The third kappa shape index (κ3) is 4.15. The standard InChI is InChI=1S/C12H14BrN3O2S/c13-10-3-5-11(6-4-10)19(17,18)16-7-1-2-12-14-8-9-15-12/h3-6,8-9,16H,1-2,7H2,(H,14,15). The molecule has 1 heterocycles. The van der Waals surface area contributed by atoms with Crippen LogP contribution in [0, 0.1) is 0 Å². The summed E-state index contributed by atoms with van der Waals surface area (Å²) in [6, 6.07) is 6.55. The van der Waals surface area contributed by atoms with E-state index >= 15 is 0 Å². The zero-order valence-corrected chi connectivity index (χ0v) is 12.5. The van der Waals surface area contributed by atoms with Gasteiger partial charge in [-0.1, -0.05) is 15.9 Å². The van der Waals surface area contributed by atoms with Gasteiger partial charge in [0.05, 0.1) is 4.90 Å². The number of halogens is 1. The SMILES string of the molecule is O=S(=O)(NCCCc1ncc[nH]1)c1ccc(Br)cc1. The minimum atomic E-state index is -3.42. The maximum absolute atomic E-state index is 12.0. The van der Waals surface area contributed by atoms with E-state index in [-0.39, 0.29) is 4.90 Å². The van der Waals surface area contributed by atoms with Crippen molar-refractivity contribution in [3.8, 4) is 0 Å². The number of sulfonamides is 1. The van der Waals surface area contributed by atoms with E-state index in [1.807, 2.05) is 0 Å². The highest BCUT2D eigenvalue weighted by Crippen LogP contribution is 2.14. The first-order valence-corrected chi connectivity index (χ1v) is 8.09. The summed E-state index contributed by atoms with van der Waals surface area (Å²) >= 11 is 3.27. The predicted molar refractivity (Wildman–Crippen MR) is 76.2 cm³/mol. The molecule has 102 valence electrons. The van der Waals surface area contributed by atoms with E-state index in [0.29, 0.717) is 13.0 Å². The lowest BCUT2D eigenvalue weighted by atomic mass is 10.3. The third-order valence-electron chi connectivity index (χ3n) is 2.56. The first kappa shape index (κ1) is 14.2. The summed E-state index contributed by atoms with van der Waals surface area (Å²) in [5, 5.41) is 0. The summed E-state index contributed by atoms with van der Waals surface area (Å²) in [5.74, 6) is 0.864. The van der Waals surface area contributed by atoms with E-state index in [4.69, 9.17) is 0 Å². The van der Waals surface area contributed by atoms with E-state index in [0.717, 1.165) is 16.7 Å². The summed E-state index contributed by atoms with van der Waals surface area (Å²) in [7, 11) is -3.42. The molecule has 2 aromatic rings. The van der Waals surface area contributed by atoms with Gasteiger partial charge in [0, 0.05) is 29.8 Å². The Balaban J connectivity index is 1.86. The van der Waals surface area contributed by atoms with Gasteiger partial charge in [0.2, 0.25) is 10.0 Å². The van der Waals surface area contributed by atoms with Crippen LogP contribution in [0.1, 0.15) is 12.2 Å². The molecule has 0 spiro atoms. The van der Waals surface area contributed by atoms with Crippen LogP contribution in [-0.2, 0) is 16.4 Å². The Morgan fingerprint density at radius 2 is 2.00 bits per heavy atom. The van der Waals surface area contributed by atoms with Crippen molar-refractivity contribution >= 4 is 26.0 Å². The number of hydrogen-bond acceptors (Lipinski definition) is 3. The monoisotopic (exact) mass is 343 g/mol. The van der Waals surface area contributed by atoms with Gasteiger partial charge in [0.25, 0.3) is 0 Å². The van der Waals surface area contributed by atoms with Gasteiger partial charge < -0.3 is 4.98 Å². The number of aryl methyl sites for hydroxylation is 1. The second kappa shape index (κ2) is 6.31. The summed E-state index contributed by atoms with van der Waals surface area (Å²) in [4.78, 5) is 7.33. The molecule has 0 saturated carbocycles. The van der Waals surface area contributed by atoms with Crippen LogP contribution in [0.15, 0.2) is 46.0 Å². The average molecular weight is 344 g/mol. The van der Waals surface area contributed by atoms with Crippen molar-refractivity contribution < 1.29 is 8.42 Å². The van der Waals surface area contributed by atoms with E-state index in [1.165, 1.54) is 0 Å². The quantitative estimate of drug-likeness (QED) is 0.788. The van der Waals surface area contributed by atoms with Crippen LogP contribution in [0.5, 0.6) is 0 Å². The average Bonchev–Trinajstić information content (AvgIpc) is 2.88. The van der Waals surface area contributed by atoms with E-state index < -0.39 is 10.0 Å². The smallest absolute Gasteiger partial charge is 0.240 e. The Labute approximate surface area is 120 Å². The molecule has 0 aliphatic rings. The van der Waals surface area contributed by atoms with Gasteiger partial charge in [0.15, 0.2) is 0 Å². The molecule has 5 nitrogen and oxygen atoms in total. The largest absolute Gasteiger partial charge is 0.349 e. The van der Waals surface area contributed by atoms with Gasteiger partial charge in [-0.3, -0.25) is 0 Å². The molecule has 7 heteroatoms.